The van der Waals surface area contributed by atoms with Gasteiger partial charge in [-0.2, -0.15) is 0 Å². The first-order valence-corrected chi connectivity index (χ1v) is 8.39. The largest absolute Gasteiger partial charge is 0.497 e. The van der Waals surface area contributed by atoms with Crippen molar-refractivity contribution in [1.82, 2.24) is 15.0 Å². The first-order valence-electron chi connectivity index (χ1n) is 8.39. The number of ether oxygens (including phenoxy) is 2. The van der Waals surface area contributed by atoms with Crippen LogP contribution in [0.5, 0.6) is 11.5 Å². The number of rotatable bonds is 4. The Morgan fingerprint density at radius 1 is 0.815 bits per heavy atom. The monoisotopic (exact) mass is 358 g/mol. The Labute approximate surface area is 156 Å². The van der Waals surface area contributed by atoms with E-state index in [0.29, 0.717) is 11.5 Å². The Kier molecular flexibility index (Phi) is 4.30. The van der Waals surface area contributed by atoms with Crippen molar-refractivity contribution < 1.29 is 9.47 Å². The molecule has 0 amide bonds. The molecular weight excluding hydrogens is 340 g/mol. The summed E-state index contributed by atoms with van der Waals surface area (Å²) in [7, 11) is 3.28. The molecular formula is C21H18N4O2. The summed E-state index contributed by atoms with van der Waals surface area (Å²) in [5.41, 5.74) is 10.3. The molecule has 0 aliphatic rings. The first kappa shape index (κ1) is 16.8. The summed E-state index contributed by atoms with van der Waals surface area (Å²) in [6, 6.07) is 17.5. The van der Waals surface area contributed by atoms with Crippen molar-refractivity contribution in [2.24, 2.45) is 0 Å². The van der Waals surface area contributed by atoms with Gasteiger partial charge in [-0.1, -0.05) is 24.3 Å². The molecule has 4 aromatic rings. The van der Waals surface area contributed by atoms with E-state index in [-0.39, 0.29) is 0 Å². The van der Waals surface area contributed by atoms with E-state index in [1.807, 2.05) is 54.6 Å². The predicted molar refractivity (Wildman–Crippen MR) is 106 cm³/mol. The summed E-state index contributed by atoms with van der Waals surface area (Å²) >= 11 is 0. The van der Waals surface area contributed by atoms with Crippen LogP contribution in [0.25, 0.3) is 33.4 Å². The molecule has 4 rings (SSSR count). The highest BCUT2D eigenvalue weighted by Crippen LogP contribution is 2.34. The number of hydrogen-bond donors (Lipinski definition) is 1. The van der Waals surface area contributed by atoms with Crippen LogP contribution in [-0.2, 0) is 0 Å². The van der Waals surface area contributed by atoms with Crippen LogP contribution in [0.15, 0.2) is 60.9 Å². The van der Waals surface area contributed by atoms with E-state index in [1.165, 1.54) is 6.33 Å². The van der Waals surface area contributed by atoms with Crippen LogP contribution in [0.3, 0.4) is 0 Å². The fourth-order valence-corrected chi connectivity index (χ4v) is 3.02. The fraction of sp³-hybridized carbons (Fsp3) is 0.0952. The number of pyridine rings is 1. The summed E-state index contributed by atoms with van der Waals surface area (Å²) < 4.78 is 10.6. The Morgan fingerprint density at radius 2 is 1.59 bits per heavy atom. The third-order valence-corrected chi connectivity index (χ3v) is 4.40. The van der Waals surface area contributed by atoms with Crippen molar-refractivity contribution in [2.45, 2.75) is 0 Å². The second-order valence-corrected chi connectivity index (χ2v) is 5.97. The summed E-state index contributed by atoms with van der Waals surface area (Å²) in [5, 5.41) is 0.731. The van der Waals surface area contributed by atoms with Crippen LogP contribution in [0.2, 0.25) is 0 Å². The molecule has 0 saturated carbocycles. The van der Waals surface area contributed by atoms with Gasteiger partial charge in [0.2, 0.25) is 0 Å². The van der Waals surface area contributed by atoms with Crippen LogP contribution in [0, 0.1) is 0 Å². The lowest BCUT2D eigenvalue weighted by Crippen LogP contribution is -1.99. The van der Waals surface area contributed by atoms with Crippen LogP contribution in [0.4, 0.5) is 5.82 Å². The number of methoxy groups -OCH3 is 2. The van der Waals surface area contributed by atoms with Gasteiger partial charge in [0, 0.05) is 5.56 Å². The number of nitrogen functional groups attached to an aromatic ring is 1. The van der Waals surface area contributed by atoms with Crippen molar-refractivity contribution in [3.63, 3.8) is 0 Å². The van der Waals surface area contributed by atoms with Crippen molar-refractivity contribution >= 4 is 16.9 Å². The topological polar surface area (TPSA) is 83.2 Å². The van der Waals surface area contributed by atoms with Gasteiger partial charge in [-0.3, -0.25) is 0 Å². The fourth-order valence-electron chi connectivity index (χ4n) is 3.02. The standard InChI is InChI=1S/C21H18N4O2/c1-26-15-8-6-13(7-9-15)17-11-18(14-4-3-5-16(10-14)27-2)25-21-19(17)20(22)23-12-24-21/h3-12H,1-2H3,(H2,22,23,24,25). The zero-order chi connectivity index (χ0) is 18.8. The second-order valence-electron chi connectivity index (χ2n) is 5.97. The highest BCUT2D eigenvalue weighted by atomic mass is 16.5. The Balaban J connectivity index is 1.97. The Morgan fingerprint density at radius 3 is 2.33 bits per heavy atom. The van der Waals surface area contributed by atoms with Crippen LogP contribution < -0.4 is 15.2 Å². The molecule has 0 unspecified atom stereocenters. The highest BCUT2D eigenvalue weighted by Gasteiger charge is 2.14. The molecule has 0 saturated heterocycles. The molecule has 0 bridgehead atoms. The first-order chi connectivity index (χ1) is 13.2. The van der Waals surface area contributed by atoms with Gasteiger partial charge in [0.05, 0.1) is 25.3 Å². The highest BCUT2D eigenvalue weighted by molar-refractivity contribution is 6.01. The van der Waals surface area contributed by atoms with E-state index in [4.69, 9.17) is 20.2 Å². The van der Waals surface area contributed by atoms with Crippen LogP contribution in [-0.4, -0.2) is 29.2 Å². The Hall–Kier alpha value is -3.67. The number of hydrogen-bond acceptors (Lipinski definition) is 6. The summed E-state index contributed by atoms with van der Waals surface area (Å²) in [5.74, 6) is 1.95. The number of nitrogens with zero attached hydrogens (tertiary/aromatic N) is 3. The average molecular weight is 358 g/mol. The number of anilines is 1. The third-order valence-electron chi connectivity index (χ3n) is 4.40. The molecule has 0 radical (unpaired) electrons. The van der Waals surface area contributed by atoms with Gasteiger partial charge < -0.3 is 15.2 Å². The minimum atomic E-state index is 0.399. The van der Waals surface area contributed by atoms with E-state index in [9.17, 15) is 0 Å². The van der Waals surface area contributed by atoms with E-state index in [0.717, 1.165) is 39.3 Å². The lowest BCUT2D eigenvalue weighted by molar-refractivity contribution is 0.415. The van der Waals surface area contributed by atoms with Crippen molar-refractivity contribution in [3.05, 3.63) is 60.9 Å². The van der Waals surface area contributed by atoms with E-state index < -0.39 is 0 Å². The zero-order valence-corrected chi connectivity index (χ0v) is 15.0. The van der Waals surface area contributed by atoms with Crippen LogP contribution in [0.1, 0.15) is 0 Å². The molecule has 0 atom stereocenters. The lowest BCUT2D eigenvalue weighted by Gasteiger charge is -2.12. The molecule has 0 aliphatic heterocycles. The normalized spacial score (nSPS) is 10.7. The van der Waals surface area contributed by atoms with Crippen molar-refractivity contribution in [1.29, 1.82) is 0 Å². The molecule has 6 heteroatoms. The van der Waals surface area contributed by atoms with Gasteiger partial charge in [-0.05, 0) is 41.5 Å². The molecule has 6 nitrogen and oxygen atoms in total. The molecule has 134 valence electrons. The smallest absolute Gasteiger partial charge is 0.165 e. The Bertz CT molecular complexity index is 1110. The van der Waals surface area contributed by atoms with Gasteiger partial charge in [-0.25, -0.2) is 15.0 Å². The van der Waals surface area contributed by atoms with Gasteiger partial charge in [-0.15, -0.1) is 0 Å². The molecule has 2 heterocycles. The molecule has 2 N–H and O–H groups in total. The maximum Gasteiger partial charge on any atom is 0.165 e. The molecule has 0 spiro atoms. The van der Waals surface area contributed by atoms with Gasteiger partial charge >= 0.3 is 0 Å². The molecule has 27 heavy (non-hydrogen) atoms. The SMILES string of the molecule is COc1ccc(-c2cc(-c3cccc(OC)c3)nc3ncnc(N)c23)cc1. The summed E-state index contributed by atoms with van der Waals surface area (Å²) in [6.45, 7) is 0. The lowest BCUT2D eigenvalue weighted by atomic mass is 9.99. The molecule has 2 aromatic heterocycles. The maximum atomic E-state index is 6.15. The summed E-state index contributed by atoms with van der Waals surface area (Å²) in [4.78, 5) is 13.2. The van der Waals surface area contributed by atoms with Crippen molar-refractivity contribution in [3.8, 4) is 33.9 Å². The van der Waals surface area contributed by atoms with Gasteiger partial charge in [0.15, 0.2) is 5.65 Å². The quantitative estimate of drug-likeness (QED) is 0.594. The minimum absolute atomic E-state index is 0.399. The summed E-state index contributed by atoms with van der Waals surface area (Å²) in [6.07, 6.45) is 1.43. The third kappa shape index (κ3) is 3.13. The minimum Gasteiger partial charge on any atom is -0.497 e. The molecule has 0 fully saturated rings. The number of aromatic nitrogens is 3. The zero-order valence-electron chi connectivity index (χ0n) is 15.0. The molecule has 0 aliphatic carbocycles. The van der Waals surface area contributed by atoms with Gasteiger partial charge in [0.25, 0.3) is 0 Å². The molecule has 2 aromatic carbocycles. The average Bonchev–Trinajstić information content (AvgIpc) is 2.73. The number of benzene rings is 2. The van der Waals surface area contributed by atoms with E-state index in [2.05, 4.69) is 9.97 Å². The predicted octanol–water partition coefficient (Wildman–Crippen LogP) is 3.96. The maximum absolute atomic E-state index is 6.15. The van der Waals surface area contributed by atoms with Crippen LogP contribution >= 0.6 is 0 Å². The second kappa shape index (κ2) is 6.92. The van der Waals surface area contributed by atoms with E-state index in [1.54, 1.807) is 14.2 Å². The van der Waals surface area contributed by atoms with Crippen molar-refractivity contribution in [2.75, 3.05) is 20.0 Å². The van der Waals surface area contributed by atoms with Gasteiger partial charge in [0.1, 0.15) is 23.6 Å². The number of fused-ring (bicyclic) bond motifs is 1. The van der Waals surface area contributed by atoms with E-state index >= 15 is 0 Å². The number of nitrogens with two attached hydrogens (primary N) is 1.